The highest BCUT2D eigenvalue weighted by molar-refractivity contribution is 7.13. The second kappa shape index (κ2) is 6.38. The van der Waals surface area contributed by atoms with Gasteiger partial charge in [0.25, 0.3) is 5.91 Å². The summed E-state index contributed by atoms with van der Waals surface area (Å²) in [7, 11) is 1.63. The van der Waals surface area contributed by atoms with Gasteiger partial charge in [0.1, 0.15) is 11.4 Å². The molecule has 1 atom stereocenters. The molecule has 20 heavy (non-hydrogen) atoms. The SMILES string of the molecule is CCC(NC(=O)c1csc(N)n1)c1ccc(OC)cc1. The summed E-state index contributed by atoms with van der Waals surface area (Å²) in [5, 5.41) is 5.01. The first-order valence-electron chi connectivity index (χ1n) is 6.29. The largest absolute Gasteiger partial charge is 0.497 e. The van der Waals surface area contributed by atoms with E-state index in [1.807, 2.05) is 31.2 Å². The van der Waals surface area contributed by atoms with Crippen molar-refractivity contribution in [2.75, 3.05) is 12.8 Å². The van der Waals surface area contributed by atoms with Gasteiger partial charge in [-0.25, -0.2) is 4.98 Å². The average molecular weight is 291 g/mol. The minimum absolute atomic E-state index is 0.0590. The van der Waals surface area contributed by atoms with Crippen LogP contribution in [0.15, 0.2) is 29.6 Å². The van der Waals surface area contributed by atoms with Crippen molar-refractivity contribution in [3.05, 3.63) is 40.9 Å². The fourth-order valence-electron chi connectivity index (χ4n) is 1.88. The maximum atomic E-state index is 12.1. The monoisotopic (exact) mass is 291 g/mol. The van der Waals surface area contributed by atoms with Gasteiger partial charge in [-0.1, -0.05) is 19.1 Å². The van der Waals surface area contributed by atoms with E-state index in [0.717, 1.165) is 17.7 Å². The summed E-state index contributed by atoms with van der Waals surface area (Å²) in [6.07, 6.45) is 0.789. The van der Waals surface area contributed by atoms with Crippen molar-refractivity contribution >= 4 is 22.4 Å². The highest BCUT2D eigenvalue weighted by atomic mass is 32.1. The van der Waals surface area contributed by atoms with E-state index in [2.05, 4.69) is 10.3 Å². The van der Waals surface area contributed by atoms with Crippen molar-refractivity contribution in [1.29, 1.82) is 0 Å². The lowest BCUT2D eigenvalue weighted by atomic mass is 10.0. The molecule has 0 bridgehead atoms. The van der Waals surface area contributed by atoms with Crippen LogP contribution in [0.25, 0.3) is 0 Å². The maximum absolute atomic E-state index is 12.1. The molecule has 3 N–H and O–H groups in total. The van der Waals surface area contributed by atoms with Crippen LogP contribution < -0.4 is 15.8 Å². The lowest BCUT2D eigenvalue weighted by molar-refractivity contribution is 0.0931. The Labute approximate surface area is 121 Å². The van der Waals surface area contributed by atoms with Crippen molar-refractivity contribution in [3.63, 3.8) is 0 Å². The Kier molecular flexibility index (Phi) is 4.57. The molecular formula is C14H17N3O2S. The fourth-order valence-corrected chi connectivity index (χ4v) is 2.42. The molecule has 2 rings (SSSR count). The van der Waals surface area contributed by atoms with Crippen LogP contribution in [0.5, 0.6) is 5.75 Å². The highest BCUT2D eigenvalue weighted by Gasteiger charge is 2.16. The summed E-state index contributed by atoms with van der Waals surface area (Å²) in [4.78, 5) is 16.1. The molecule has 2 aromatic rings. The first-order valence-corrected chi connectivity index (χ1v) is 7.17. The molecule has 1 heterocycles. The number of nitrogens with two attached hydrogens (primary N) is 1. The van der Waals surface area contributed by atoms with Crippen molar-refractivity contribution < 1.29 is 9.53 Å². The van der Waals surface area contributed by atoms with Crippen LogP contribution in [0.3, 0.4) is 0 Å². The Morgan fingerprint density at radius 1 is 1.45 bits per heavy atom. The van der Waals surface area contributed by atoms with Gasteiger partial charge in [0.15, 0.2) is 5.13 Å². The predicted octanol–water partition coefficient (Wildman–Crippen LogP) is 2.62. The zero-order valence-corrected chi connectivity index (χ0v) is 12.2. The molecule has 1 amide bonds. The molecule has 1 unspecified atom stereocenters. The Morgan fingerprint density at radius 2 is 2.15 bits per heavy atom. The molecule has 0 saturated carbocycles. The molecule has 0 radical (unpaired) electrons. The lowest BCUT2D eigenvalue weighted by Gasteiger charge is -2.17. The number of anilines is 1. The number of aromatic nitrogens is 1. The van der Waals surface area contributed by atoms with Gasteiger partial charge in [-0.3, -0.25) is 4.79 Å². The number of hydrogen-bond donors (Lipinski definition) is 2. The van der Waals surface area contributed by atoms with Crippen LogP contribution in [0, 0.1) is 0 Å². The van der Waals surface area contributed by atoms with Crippen molar-refractivity contribution in [2.45, 2.75) is 19.4 Å². The van der Waals surface area contributed by atoms with Gasteiger partial charge in [0.05, 0.1) is 13.2 Å². The number of nitrogen functional groups attached to an aromatic ring is 1. The third-order valence-electron chi connectivity index (χ3n) is 2.99. The smallest absolute Gasteiger partial charge is 0.271 e. The van der Waals surface area contributed by atoms with Crippen LogP contribution in [-0.4, -0.2) is 18.0 Å². The first kappa shape index (κ1) is 14.3. The number of thiazole rings is 1. The second-order valence-electron chi connectivity index (χ2n) is 4.28. The third kappa shape index (κ3) is 3.27. The number of hydrogen-bond acceptors (Lipinski definition) is 5. The quantitative estimate of drug-likeness (QED) is 0.887. The van der Waals surface area contributed by atoms with Crippen LogP contribution in [0.1, 0.15) is 35.4 Å². The molecular weight excluding hydrogens is 274 g/mol. The molecule has 0 aliphatic carbocycles. The Morgan fingerprint density at radius 3 is 2.65 bits per heavy atom. The number of nitrogens with one attached hydrogen (secondary N) is 1. The minimum Gasteiger partial charge on any atom is -0.497 e. The Hall–Kier alpha value is -2.08. The van der Waals surface area contributed by atoms with E-state index in [1.165, 1.54) is 11.3 Å². The standard InChI is InChI=1S/C14H17N3O2S/c1-3-11(9-4-6-10(19-2)7-5-9)16-13(18)12-8-20-14(15)17-12/h4-8,11H,3H2,1-2H3,(H2,15,17)(H,16,18). The Bertz CT molecular complexity index is 580. The predicted molar refractivity (Wildman–Crippen MR) is 80.0 cm³/mol. The second-order valence-corrected chi connectivity index (χ2v) is 5.17. The number of amides is 1. The molecule has 0 saturated heterocycles. The van der Waals surface area contributed by atoms with E-state index in [1.54, 1.807) is 12.5 Å². The van der Waals surface area contributed by atoms with Crippen LogP contribution >= 0.6 is 11.3 Å². The van der Waals surface area contributed by atoms with Crippen molar-refractivity contribution in [3.8, 4) is 5.75 Å². The van der Waals surface area contributed by atoms with E-state index in [-0.39, 0.29) is 11.9 Å². The van der Waals surface area contributed by atoms with E-state index in [9.17, 15) is 4.79 Å². The van der Waals surface area contributed by atoms with Gasteiger partial charge in [0, 0.05) is 5.38 Å². The molecule has 1 aromatic heterocycles. The minimum atomic E-state index is -0.208. The first-order chi connectivity index (χ1) is 9.63. The highest BCUT2D eigenvalue weighted by Crippen LogP contribution is 2.21. The topological polar surface area (TPSA) is 77.2 Å². The molecule has 106 valence electrons. The maximum Gasteiger partial charge on any atom is 0.271 e. The average Bonchev–Trinajstić information content (AvgIpc) is 2.91. The number of methoxy groups -OCH3 is 1. The normalized spacial score (nSPS) is 11.9. The van der Waals surface area contributed by atoms with Crippen molar-refractivity contribution in [2.24, 2.45) is 0 Å². The zero-order chi connectivity index (χ0) is 14.5. The molecule has 6 heteroatoms. The summed E-state index contributed by atoms with van der Waals surface area (Å²) >= 11 is 1.26. The Balaban J connectivity index is 2.09. The number of carbonyl (C=O) groups is 1. The summed E-state index contributed by atoms with van der Waals surface area (Å²) in [6, 6.07) is 7.60. The lowest BCUT2D eigenvalue weighted by Crippen LogP contribution is -2.28. The van der Waals surface area contributed by atoms with Crippen LogP contribution in [0.2, 0.25) is 0 Å². The number of ether oxygens (including phenoxy) is 1. The van der Waals surface area contributed by atoms with Crippen LogP contribution in [0.4, 0.5) is 5.13 Å². The van der Waals surface area contributed by atoms with Gasteiger partial charge >= 0.3 is 0 Å². The van der Waals surface area contributed by atoms with E-state index in [0.29, 0.717) is 10.8 Å². The van der Waals surface area contributed by atoms with Gasteiger partial charge in [-0.2, -0.15) is 0 Å². The number of carbonyl (C=O) groups excluding carboxylic acids is 1. The molecule has 5 nitrogen and oxygen atoms in total. The van der Waals surface area contributed by atoms with Gasteiger partial charge < -0.3 is 15.8 Å². The molecule has 0 spiro atoms. The number of benzene rings is 1. The van der Waals surface area contributed by atoms with Gasteiger partial charge in [-0.05, 0) is 24.1 Å². The third-order valence-corrected chi connectivity index (χ3v) is 3.66. The van der Waals surface area contributed by atoms with Crippen molar-refractivity contribution in [1.82, 2.24) is 10.3 Å². The molecule has 0 fully saturated rings. The summed E-state index contributed by atoms with van der Waals surface area (Å²) in [6.45, 7) is 2.02. The number of rotatable bonds is 5. The van der Waals surface area contributed by atoms with Crippen LogP contribution in [-0.2, 0) is 0 Å². The van der Waals surface area contributed by atoms with E-state index in [4.69, 9.17) is 10.5 Å². The van der Waals surface area contributed by atoms with Gasteiger partial charge in [0.2, 0.25) is 0 Å². The summed E-state index contributed by atoms with van der Waals surface area (Å²) in [5.74, 6) is 0.586. The summed E-state index contributed by atoms with van der Waals surface area (Å²) < 4.78 is 5.13. The molecule has 0 aliphatic heterocycles. The molecule has 0 aliphatic rings. The number of nitrogens with zero attached hydrogens (tertiary/aromatic N) is 1. The zero-order valence-electron chi connectivity index (χ0n) is 11.4. The van der Waals surface area contributed by atoms with Gasteiger partial charge in [-0.15, -0.1) is 11.3 Å². The summed E-state index contributed by atoms with van der Waals surface area (Å²) in [5.41, 5.74) is 6.93. The van der Waals surface area contributed by atoms with E-state index < -0.39 is 0 Å². The fraction of sp³-hybridized carbons (Fsp3) is 0.286. The van der Waals surface area contributed by atoms with E-state index >= 15 is 0 Å². The molecule has 1 aromatic carbocycles.